The number of benzene rings is 2. The number of aromatic nitrogens is 2. The summed E-state index contributed by atoms with van der Waals surface area (Å²) in [5, 5.41) is 3.79. The average Bonchev–Trinajstić information content (AvgIpc) is 3.27. The van der Waals surface area contributed by atoms with Gasteiger partial charge in [-0.25, -0.2) is 9.59 Å². The molecule has 0 unspecified atom stereocenters. The predicted octanol–water partition coefficient (Wildman–Crippen LogP) is 4.16. The van der Waals surface area contributed by atoms with E-state index in [0.717, 1.165) is 32.6 Å². The number of H-pyrrole nitrogens is 2. The van der Waals surface area contributed by atoms with Crippen molar-refractivity contribution < 1.29 is 19.1 Å². The highest BCUT2D eigenvalue weighted by Gasteiger charge is 2.19. The molecule has 132 valence electrons. The lowest BCUT2D eigenvalue weighted by Gasteiger charge is -2.02. The molecule has 0 aliphatic rings. The highest BCUT2D eigenvalue weighted by molar-refractivity contribution is 6.25. The van der Waals surface area contributed by atoms with Crippen LogP contribution in [0, 0.1) is 0 Å². The van der Waals surface area contributed by atoms with Crippen LogP contribution in [-0.2, 0) is 9.47 Å². The molecule has 2 aromatic carbocycles. The average molecular weight is 350 g/mol. The van der Waals surface area contributed by atoms with Crippen molar-refractivity contribution in [1.82, 2.24) is 9.97 Å². The molecule has 0 bridgehead atoms. The summed E-state index contributed by atoms with van der Waals surface area (Å²) in [6.45, 7) is 4.15. The third-order valence-corrected chi connectivity index (χ3v) is 4.38. The van der Waals surface area contributed by atoms with Gasteiger partial charge in [0.25, 0.3) is 0 Å². The molecule has 0 spiro atoms. The first kappa shape index (κ1) is 16.2. The van der Waals surface area contributed by atoms with E-state index >= 15 is 0 Å². The minimum absolute atomic E-state index is 0.305. The Morgan fingerprint density at radius 2 is 1.19 bits per heavy atom. The maximum absolute atomic E-state index is 12.1. The van der Waals surface area contributed by atoms with Crippen molar-refractivity contribution in [3.63, 3.8) is 0 Å². The Bertz CT molecular complexity index is 1060. The molecular formula is C20H18N2O4. The van der Waals surface area contributed by atoms with Crippen molar-refractivity contribution in [2.45, 2.75) is 13.8 Å². The van der Waals surface area contributed by atoms with Gasteiger partial charge in [0.15, 0.2) is 0 Å². The number of carbonyl (C=O) groups excluding carboxylic acids is 2. The maximum atomic E-state index is 12.1. The summed E-state index contributed by atoms with van der Waals surface area (Å²) in [6, 6.07) is 11.5. The molecule has 6 heteroatoms. The highest BCUT2D eigenvalue weighted by atomic mass is 16.5. The summed E-state index contributed by atoms with van der Waals surface area (Å²) >= 11 is 0. The van der Waals surface area contributed by atoms with Crippen molar-refractivity contribution in [3.05, 3.63) is 47.8 Å². The Morgan fingerprint density at radius 1 is 0.769 bits per heavy atom. The quantitative estimate of drug-likeness (QED) is 0.541. The predicted molar refractivity (Wildman–Crippen MR) is 99.6 cm³/mol. The van der Waals surface area contributed by atoms with Gasteiger partial charge in [0.2, 0.25) is 0 Å². The SMILES string of the molecule is CCOC(=O)c1cc2c3ccccc3c3cc(C(=O)OCC)[nH]c3c2[nH]1. The van der Waals surface area contributed by atoms with E-state index in [1.165, 1.54) is 0 Å². The lowest BCUT2D eigenvalue weighted by molar-refractivity contribution is 0.0511. The molecule has 4 rings (SSSR count). The normalized spacial score (nSPS) is 11.3. The Morgan fingerprint density at radius 3 is 1.58 bits per heavy atom. The number of carbonyl (C=O) groups is 2. The molecule has 0 saturated carbocycles. The van der Waals surface area contributed by atoms with Crippen LogP contribution in [0.3, 0.4) is 0 Å². The van der Waals surface area contributed by atoms with Crippen molar-refractivity contribution >= 4 is 44.5 Å². The Labute approximate surface area is 149 Å². The molecule has 0 fully saturated rings. The van der Waals surface area contributed by atoms with Gasteiger partial charge in [-0.1, -0.05) is 24.3 Å². The standard InChI is InChI=1S/C20H18N2O4/c1-3-25-19(23)15-9-13-11-7-5-6-8-12(11)14-10-16(20(24)26-4-2)22-18(14)17(13)21-15/h5-10,21-22H,3-4H2,1-2H3. The van der Waals surface area contributed by atoms with Gasteiger partial charge >= 0.3 is 11.9 Å². The number of fused-ring (bicyclic) bond motifs is 6. The van der Waals surface area contributed by atoms with Gasteiger partial charge in [-0.15, -0.1) is 0 Å². The topological polar surface area (TPSA) is 84.2 Å². The van der Waals surface area contributed by atoms with Gasteiger partial charge in [0.05, 0.1) is 24.2 Å². The fourth-order valence-electron chi connectivity index (χ4n) is 3.32. The fourth-order valence-corrected chi connectivity index (χ4v) is 3.32. The Balaban J connectivity index is 2.05. The van der Waals surface area contributed by atoms with E-state index in [1.807, 2.05) is 24.3 Å². The molecule has 2 aromatic heterocycles. The summed E-state index contributed by atoms with van der Waals surface area (Å²) in [7, 11) is 0. The van der Waals surface area contributed by atoms with Crippen LogP contribution in [0.15, 0.2) is 36.4 Å². The second-order valence-corrected chi connectivity index (χ2v) is 5.93. The lowest BCUT2D eigenvalue weighted by Crippen LogP contribution is -2.04. The summed E-state index contributed by atoms with van der Waals surface area (Å²) in [5.74, 6) is -0.809. The van der Waals surface area contributed by atoms with E-state index < -0.39 is 11.9 Å². The zero-order valence-corrected chi connectivity index (χ0v) is 14.5. The monoisotopic (exact) mass is 350 g/mol. The van der Waals surface area contributed by atoms with Crippen LogP contribution >= 0.6 is 0 Å². The largest absolute Gasteiger partial charge is 0.461 e. The molecule has 0 atom stereocenters. The van der Waals surface area contributed by atoms with Crippen molar-refractivity contribution in [1.29, 1.82) is 0 Å². The summed E-state index contributed by atoms with van der Waals surface area (Å²) < 4.78 is 10.2. The minimum Gasteiger partial charge on any atom is -0.461 e. The van der Waals surface area contributed by atoms with Gasteiger partial charge in [-0.2, -0.15) is 0 Å². The summed E-state index contributed by atoms with van der Waals surface area (Å²) in [5.41, 5.74) is 2.29. The number of hydrogen-bond acceptors (Lipinski definition) is 4. The second kappa shape index (κ2) is 6.22. The number of aromatic amines is 2. The Kier molecular flexibility index (Phi) is 3.88. The van der Waals surface area contributed by atoms with E-state index in [0.29, 0.717) is 24.6 Å². The molecule has 26 heavy (non-hydrogen) atoms. The molecule has 2 N–H and O–H groups in total. The van der Waals surface area contributed by atoms with Crippen molar-refractivity contribution in [2.75, 3.05) is 13.2 Å². The molecule has 0 aliphatic heterocycles. The van der Waals surface area contributed by atoms with Crippen LogP contribution in [-0.4, -0.2) is 35.1 Å². The zero-order chi connectivity index (χ0) is 18.3. The zero-order valence-electron chi connectivity index (χ0n) is 14.5. The van der Waals surface area contributed by atoms with Crippen LogP contribution in [0.5, 0.6) is 0 Å². The fraction of sp³-hybridized carbons (Fsp3) is 0.200. The molecule has 0 saturated heterocycles. The van der Waals surface area contributed by atoms with E-state index in [-0.39, 0.29) is 0 Å². The van der Waals surface area contributed by atoms with Gasteiger partial charge in [-0.3, -0.25) is 0 Å². The van der Waals surface area contributed by atoms with Crippen molar-refractivity contribution in [3.8, 4) is 0 Å². The third-order valence-electron chi connectivity index (χ3n) is 4.38. The molecule has 0 amide bonds. The van der Waals surface area contributed by atoms with E-state index in [4.69, 9.17) is 9.47 Å². The first-order valence-electron chi connectivity index (χ1n) is 8.54. The van der Waals surface area contributed by atoms with Crippen LogP contribution in [0.1, 0.15) is 34.8 Å². The molecule has 4 aromatic rings. The van der Waals surface area contributed by atoms with Gasteiger partial charge in [-0.05, 0) is 36.8 Å². The number of ether oxygens (including phenoxy) is 2. The number of hydrogen-bond donors (Lipinski definition) is 2. The summed E-state index contributed by atoms with van der Waals surface area (Å²) in [6.07, 6.45) is 0. The minimum atomic E-state index is -0.405. The van der Waals surface area contributed by atoms with Crippen molar-refractivity contribution in [2.24, 2.45) is 0 Å². The smallest absolute Gasteiger partial charge is 0.354 e. The number of rotatable bonds is 4. The van der Waals surface area contributed by atoms with Gasteiger partial charge < -0.3 is 19.4 Å². The van der Waals surface area contributed by atoms with Gasteiger partial charge in [0.1, 0.15) is 11.4 Å². The molecule has 2 heterocycles. The molecule has 0 aliphatic carbocycles. The second-order valence-electron chi connectivity index (χ2n) is 5.93. The van der Waals surface area contributed by atoms with E-state index in [2.05, 4.69) is 9.97 Å². The van der Waals surface area contributed by atoms with Crippen LogP contribution in [0.25, 0.3) is 32.6 Å². The van der Waals surface area contributed by atoms with Crippen LogP contribution in [0.2, 0.25) is 0 Å². The maximum Gasteiger partial charge on any atom is 0.354 e. The van der Waals surface area contributed by atoms with Crippen LogP contribution in [0.4, 0.5) is 0 Å². The molecule has 0 radical (unpaired) electrons. The Hall–Kier alpha value is -3.28. The number of esters is 2. The molecular weight excluding hydrogens is 332 g/mol. The molecule has 6 nitrogen and oxygen atoms in total. The number of nitrogens with one attached hydrogen (secondary N) is 2. The van der Waals surface area contributed by atoms with E-state index in [1.54, 1.807) is 26.0 Å². The third kappa shape index (κ3) is 2.42. The van der Waals surface area contributed by atoms with E-state index in [9.17, 15) is 9.59 Å². The lowest BCUT2D eigenvalue weighted by atomic mass is 10.0. The first-order chi connectivity index (χ1) is 12.6. The first-order valence-corrected chi connectivity index (χ1v) is 8.54. The summed E-state index contributed by atoms with van der Waals surface area (Å²) in [4.78, 5) is 30.6. The van der Waals surface area contributed by atoms with Crippen LogP contribution < -0.4 is 0 Å². The highest BCUT2D eigenvalue weighted by Crippen LogP contribution is 2.35. The van der Waals surface area contributed by atoms with Gasteiger partial charge in [0, 0.05) is 10.8 Å².